The Labute approximate surface area is 195 Å². The highest BCUT2D eigenvalue weighted by Crippen LogP contribution is 2.24. The molecule has 5 rings (SSSR count). The highest BCUT2D eigenvalue weighted by atomic mass is 16.5. The summed E-state index contributed by atoms with van der Waals surface area (Å²) in [6.45, 7) is 1.95. The fourth-order valence-electron chi connectivity index (χ4n) is 3.83. The van der Waals surface area contributed by atoms with Crippen LogP contribution in [-0.4, -0.2) is 21.4 Å². The van der Waals surface area contributed by atoms with Gasteiger partial charge in [-0.05, 0) is 37.3 Å². The van der Waals surface area contributed by atoms with Gasteiger partial charge in [-0.1, -0.05) is 48.5 Å². The summed E-state index contributed by atoms with van der Waals surface area (Å²) in [5, 5.41) is 0.854. The lowest BCUT2D eigenvalue weighted by Gasteiger charge is -2.11. The average Bonchev–Trinajstić information content (AvgIpc) is 3.39. The van der Waals surface area contributed by atoms with Crippen molar-refractivity contribution in [3.63, 3.8) is 0 Å². The molecule has 2 heterocycles. The predicted octanol–water partition coefficient (Wildman–Crippen LogP) is 4.13. The van der Waals surface area contributed by atoms with Crippen LogP contribution in [-0.2, 0) is 17.9 Å². The van der Waals surface area contributed by atoms with Crippen molar-refractivity contribution >= 4 is 33.8 Å². The number of carbonyl (C=O) groups excluding carboxylic acids is 2. The lowest BCUT2D eigenvalue weighted by molar-refractivity contribution is -0.122. The van der Waals surface area contributed by atoms with Crippen molar-refractivity contribution in [3.05, 3.63) is 96.0 Å². The average molecular weight is 454 g/mol. The number of benzene rings is 3. The van der Waals surface area contributed by atoms with Crippen LogP contribution in [0.2, 0.25) is 0 Å². The number of ether oxygens (including phenoxy) is 1. The molecular weight excluding hydrogens is 432 g/mol. The number of nitrogens with one attached hydrogen (secondary N) is 2. The Hall–Kier alpha value is -4.59. The first-order valence-corrected chi connectivity index (χ1v) is 10.8. The lowest BCUT2D eigenvalue weighted by atomic mass is 10.1. The number of rotatable bonds is 6. The van der Waals surface area contributed by atoms with Crippen molar-refractivity contribution in [1.82, 2.24) is 20.4 Å². The molecule has 170 valence electrons. The summed E-state index contributed by atoms with van der Waals surface area (Å²) in [4.78, 5) is 30.0. The van der Waals surface area contributed by atoms with Crippen LogP contribution >= 0.6 is 0 Å². The van der Waals surface area contributed by atoms with Crippen LogP contribution in [0.5, 0.6) is 5.75 Å². The molecular formula is C26H22N4O4. The Balaban J connectivity index is 1.29. The van der Waals surface area contributed by atoms with Crippen LogP contribution in [0.1, 0.15) is 21.9 Å². The lowest BCUT2D eigenvalue weighted by Crippen LogP contribution is -2.43. The minimum Gasteiger partial charge on any atom is -0.486 e. The van der Waals surface area contributed by atoms with Crippen molar-refractivity contribution < 1.29 is 18.7 Å². The number of para-hydroxylation sites is 4. The molecule has 0 radical (unpaired) electrons. The highest BCUT2D eigenvalue weighted by Gasteiger charge is 2.19. The van der Waals surface area contributed by atoms with E-state index in [-0.39, 0.29) is 18.9 Å². The van der Waals surface area contributed by atoms with Gasteiger partial charge < -0.3 is 13.7 Å². The molecule has 0 bridgehead atoms. The van der Waals surface area contributed by atoms with Gasteiger partial charge >= 0.3 is 5.91 Å². The number of hydrogen-bond donors (Lipinski definition) is 2. The summed E-state index contributed by atoms with van der Waals surface area (Å²) in [5.74, 6) is 0.529. The molecule has 2 N–H and O–H groups in total. The summed E-state index contributed by atoms with van der Waals surface area (Å²) >= 11 is 0. The zero-order chi connectivity index (χ0) is 23.5. The Morgan fingerprint density at radius 2 is 1.68 bits per heavy atom. The minimum absolute atomic E-state index is 0.0482. The zero-order valence-corrected chi connectivity index (χ0v) is 18.4. The van der Waals surface area contributed by atoms with Gasteiger partial charge in [0.2, 0.25) is 0 Å². The topological polar surface area (TPSA) is 98.4 Å². The predicted molar refractivity (Wildman–Crippen MR) is 127 cm³/mol. The first-order chi connectivity index (χ1) is 16.6. The number of aromatic nitrogens is 2. The van der Waals surface area contributed by atoms with Crippen molar-refractivity contribution in [3.8, 4) is 5.75 Å². The summed E-state index contributed by atoms with van der Waals surface area (Å²) < 4.78 is 13.3. The normalized spacial score (nSPS) is 11.0. The first-order valence-electron chi connectivity index (χ1n) is 10.8. The van der Waals surface area contributed by atoms with E-state index in [9.17, 15) is 9.59 Å². The second kappa shape index (κ2) is 9.11. The van der Waals surface area contributed by atoms with Crippen LogP contribution in [0.25, 0.3) is 22.0 Å². The van der Waals surface area contributed by atoms with E-state index in [1.54, 1.807) is 17.6 Å². The summed E-state index contributed by atoms with van der Waals surface area (Å²) in [5.41, 5.74) is 7.79. The monoisotopic (exact) mass is 454 g/mol. The van der Waals surface area contributed by atoms with Crippen molar-refractivity contribution in [2.45, 2.75) is 20.1 Å². The third kappa shape index (κ3) is 4.21. The molecule has 0 aliphatic rings. The van der Waals surface area contributed by atoms with E-state index in [1.165, 1.54) is 0 Å². The van der Waals surface area contributed by atoms with Gasteiger partial charge in [-0.2, -0.15) is 0 Å². The van der Waals surface area contributed by atoms with Crippen LogP contribution in [0.4, 0.5) is 0 Å². The van der Waals surface area contributed by atoms with Gasteiger partial charge in [-0.3, -0.25) is 20.4 Å². The number of amides is 2. The van der Waals surface area contributed by atoms with Crippen LogP contribution in [0.15, 0.2) is 83.3 Å². The highest BCUT2D eigenvalue weighted by molar-refractivity contribution is 5.99. The van der Waals surface area contributed by atoms with Gasteiger partial charge in [0.15, 0.2) is 5.76 Å². The van der Waals surface area contributed by atoms with Gasteiger partial charge in [0.1, 0.15) is 30.3 Å². The minimum atomic E-state index is -0.523. The first kappa shape index (κ1) is 21.3. The third-order valence-electron chi connectivity index (χ3n) is 5.51. The molecule has 34 heavy (non-hydrogen) atoms. The quantitative estimate of drug-likeness (QED) is 0.376. The van der Waals surface area contributed by atoms with E-state index in [0.717, 1.165) is 16.4 Å². The van der Waals surface area contributed by atoms with Crippen LogP contribution in [0, 0.1) is 6.92 Å². The molecule has 3 aromatic carbocycles. The molecule has 0 spiro atoms. The standard InChI is InChI=1S/C26H22N4O4/c1-17-19-11-5-8-14-22(19)34-25(17)26(32)29-28-24(31)15-30-21-13-7-6-12-20(21)27-23(30)16-33-18-9-3-2-4-10-18/h2-14H,15-16H2,1H3,(H,28,31)(H,29,32). The van der Waals surface area contributed by atoms with E-state index in [2.05, 4.69) is 15.8 Å². The van der Waals surface area contributed by atoms with E-state index >= 15 is 0 Å². The van der Waals surface area contributed by atoms with Gasteiger partial charge in [0.05, 0.1) is 11.0 Å². The fraction of sp³-hybridized carbons (Fsp3) is 0.115. The van der Waals surface area contributed by atoms with Gasteiger partial charge in [-0.25, -0.2) is 4.98 Å². The van der Waals surface area contributed by atoms with E-state index in [1.807, 2.05) is 72.8 Å². The van der Waals surface area contributed by atoms with E-state index in [4.69, 9.17) is 9.15 Å². The van der Waals surface area contributed by atoms with Crippen molar-refractivity contribution in [2.75, 3.05) is 0 Å². The molecule has 8 nitrogen and oxygen atoms in total. The smallest absolute Gasteiger partial charge is 0.305 e. The molecule has 0 fully saturated rings. The molecule has 0 atom stereocenters. The molecule has 0 saturated carbocycles. The van der Waals surface area contributed by atoms with Crippen molar-refractivity contribution in [2.24, 2.45) is 0 Å². The number of aryl methyl sites for hydroxylation is 1. The maximum absolute atomic E-state index is 12.7. The molecule has 0 aliphatic heterocycles. The number of hydrogen-bond acceptors (Lipinski definition) is 5. The summed E-state index contributed by atoms with van der Waals surface area (Å²) in [6.07, 6.45) is 0. The second-order valence-electron chi connectivity index (χ2n) is 7.76. The Kier molecular flexibility index (Phi) is 5.70. The molecule has 2 amide bonds. The Bertz CT molecular complexity index is 1490. The molecule has 5 aromatic rings. The number of fused-ring (bicyclic) bond motifs is 2. The van der Waals surface area contributed by atoms with Crippen molar-refractivity contribution in [1.29, 1.82) is 0 Å². The maximum Gasteiger partial charge on any atom is 0.305 e. The van der Waals surface area contributed by atoms with Crippen LogP contribution in [0.3, 0.4) is 0 Å². The maximum atomic E-state index is 12.7. The van der Waals surface area contributed by atoms with Gasteiger partial charge in [0, 0.05) is 10.9 Å². The number of imidazole rings is 1. The fourth-order valence-corrected chi connectivity index (χ4v) is 3.83. The zero-order valence-electron chi connectivity index (χ0n) is 18.4. The van der Waals surface area contributed by atoms with Gasteiger partial charge in [-0.15, -0.1) is 0 Å². The third-order valence-corrected chi connectivity index (χ3v) is 5.51. The molecule has 0 aliphatic carbocycles. The summed E-state index contributed by atoms with van der Waals surface area (Å²) in [7, 11) is 0. The molecule has 0 unspecified atom stereocenters. The molecule has 8 heteroatoms. The van der Waals surface area contributed by atoms with E-state index < -0.39 is 11.8 Å². The number of carbonyl (C=O) groups is 2. The Morgan fingerprint density at radius 3 is 2.50 bits per heavy atom. The number of nitrogens with zero attached hydrogens (tertiary/aromatic N) is 2. The summed E-state index contributed by atoms with van der Waals surface area (Å²) in [6, 6.07) is 24.3. The number of furan rings is 1. The van der Waals surface area contributed by atoms with Gasteiger partial charge in [0.25, 0.3) is 5.91 Å². The molecule has 0 saturated heterocycles. The second-order valence-corrected chi connectivity index (χ2v) is 7.76. The number of hydrazine groups is 1. The molecule has 2 aromatic heterocycles. The van der Waals surface area contributed by atoms with E-state index in [0.29, 0.717) is 22.7 Å². The SMILES string of the molecule is Cc1c(C(=O)NNC(=O)Cn2c(COc3ccccc3)nc3ccccc32)oc2ccccc12. The largest absolute Gasteiger partial charge is 0.486 e. The van der Waals surface area contributed by atoms with Crippen LogP contribution < -0.4 is 15.6 Å². The Morgan fingerprint density at radius 1 is 0.941 bits per heavy atom.